The Morgan fingerprint density at radius 3 is 2.94 bits per heavy atom. The van der Waals surface area contributed by atoms with Crippen molar-refractivity contribution >= 4 is 0 Å². The summed E-state index contributed by atoms with van der Waals surface area (Å²) in [5.41, 5.74) is 1.25. The minimum absolute atomic E-state index is 0.353. The largest absolute Gasteiger partial charge is 0.472 e. The van der Waals surface area contributed by atoms with Crippen LogP contribution >= 0.6 is 0 Å². The van der Waals surface area contributed by atoms with E-state index >= 15 is 0 Å². The first kappa shape index (κ1) is 12.7. The van der Waals surface area contributed by atoms with Gasteiger partial charge >= 0.3 is 0 Å². The molecule has 1 aromatic rings. The molecule has 0 bridgehead atoms. The molecule has 1 aromatic heterocycles. The van der Waals surface area contributed by atoms with Crippen molar-refractivity contribution in [1.29, 1.82) is 0 Å². The van der Waals surface area contributed by atoms with E-state index < -0.39 is 0 Å². The Morgan fingerprint density at radius 1 is 1.47 bits per heavy atom. The minimum Gasteiger partial charge on any atom is -0.472 e. The van der Waals surface area contributed by atoms with Crippen molar-refractivity contribution in [3.63, 3.8) is 0 Å². The molecular formula is C14H23NO2. The Kier molecular flexibility index (Phi) is 4.63. The summed E-state index contributed by atoms with van der Waals surface area (Å²) >= 11 is 0. The van der Waals surface area contributed by atoms with Crippen LogP contribution in [0.5, 0.6) is 0 Å². The zero-order valence-corrected chi connectivity index (χ0v) is 10.8. The van der Waals surface area contributed by atoms with E-state index in [1.807, 2.05) is 12.3 Å². The van der Waals surface area contributed by atoms with Gasteiger partial charge in [0.2, 0.25) is 0 Å². The average molecular weight is 237 g/mol. The van der Waals surface area contributed by atoms with Gasteiger partial charge in [0.25, 0.3) is 0 Å². The molecule has 1 saturated heterocycles. The van der Waals surface area contributed by atoms with E-state index in [4.69, 9.17) is 9.15 Å². The zero-order valence-electron chi connectivity index (χ0n) is 10.8. The molecule has 0 aliphatic carbocycles. The number of rotatable bonds is 6. The lowest BCUT2D eigenvalue weighted by molar-refractivity contribution is 0.0320. The Bertz CT molecular complexity index is 310. The topological polar surface area (TPSA) is 34.4 Å². The number of furan rings is 1. The normalized spacial score (nSPS) is 26.2. The summed E-state index contributed by atoms with van der Waals surface area (Å²) in [6.07, 6.45) is 8.84. The lowest BCUT2D eigenvalue weighted by atomic mass is 10.0. The highest BCUT2D eigenvalue weighted by Gasteiger charge is 2.29. The van der Waals surface area contributed by atoms with Crippen molar-refractivity contribution in [3.05, 3.63) is 24.2 Å². The third kappa shape index (κ3) is 3.58. The van der Waals surface area contributed by atoms with E-state index in [0.29, 0.717) is 18.2 Å². The molecular weight excluding hydrogens is 214 g/mol. The lowest BCUT2D eigenvalue weighted by Gasteiger charge is -2.24. The Hall–Kier alpha value is -0.800. The number of hydrogen-bond donors (Lipinski definition) is 1. The van der Waals surface area contributed by atoms with E-state index in [1.54, 1.807) is 6.26 Å². The summed E-state index contributed by atoms with van der Waals surface area (Å²) in [6.45, 7) is 5.41. The second-order valence-corrected chi connectivity index (χ2v) is 4.96. The molecule has 3 heteroatoms. The number of hydrogen-bond acceptors (Lipinski definition) is 3. The van der Waals surface area contributed by atoms with E-state index in [1.165, 1.54) is 18.4 Å². The second-order valence-electron chi connectivity index (χ2n) is 4.96. The van der Waals surface area contributed by atoms with Gasteiger partial charge in [0.1, 0.15) is 0 Å². The van der Waals surface area contributed by atoms with Crippen LogP contribution < -0.4 is 5.32 Å². The number of nitrogens with one attached hydrogen (secondary N) is 1. The fourth-order valence-electron chi connectivity index (χ4n) is 2.46. The lowest BCUT2D eigenvalue weighted by Crippen LogP contribution is -2.42. The average Bonchev–Trinajstić information content (AvgIpc) is 2.95. The molecule has 1 fully saturated rings. The maximum absolute atomic E-state index is 5.98. The van der Waals surface area contributed by atoms with Crippen molar-refractivity contribution in [2.45, 2.75) is 57.8 Å². The molecule has 3 atom stereocenters. The first-order valence-corrected chi connectivity index (χ1v) is 6.69. The first-order chi connectivity index (χ1) is 8.29. The summed E-state index contributed by atoms with van der Waals surface area (Å²) in [6, 6.07) is 2.46. The molecule has 0 aromatic carbocycles. The smallest absolute Gasteiger partial charge is 0.0935 e. The van der Waals surface area contributed by atoms with Crippen molar-refractivity contribution in [3.8, 4) is 0 Å². The molecule has 2 heterocycles. The van der Waals surface area contributed by atoms with Crippen LogP contribution in [0.2, 0.25) is 0 Å². The number of ether oxygens (including phenoxy) is 1. The summed E-state index contributed by atoms with van der Waals surface area (Å²) in [4.78, 5) is 0. The third-order valence-corrected chi connectivity index (χ3v) is 3.41. The van der Waals surface area contributed by atoms with Gasteiger partial charge in [0.05, 0.1) is 24.7 Å². The van der Waals surface area contributed by atoms with Crippen molar-refractivity contribution in [2.24, 2.45) is 0 Å². The molecule has 2 rings (SSSR count). The molecule has 3 unspecified atom stereocenters. The predicted molar refractivity (Wildman–Crippen MR) is 68.1 cm³/mol. The quantitative estimate of drug-likeness (QED) is 0.826. The van der Waals surface area contributed by atoms with E-state index in [2.05, 4.69) is 19.2 Å². The van der Waals surface area contributed by atoms with Gasteiger partial charge in [-0.2, -0.15) is 0 Å². The van der Waals surface area contributed by atoms with Crippen LogP contribution in [0, 0.1) is 0 Å². The van der Waals surface area contributed by atoms with Crippen LogP contribution in [0.3, 0.4) is 0 Å². The molecule has 1 aliphatic rings. The van der Waals surface area contributed by atoms with Gasteiger partial charge in [0, 0.05) is 6.04 Å². The zero-order chi connectivity index (χ0) is 12.1. The minimum atomic E-state index is 0.353. The van der Waals surface area contributed by atoms with Gasteiger partial charge < -0.3 is 14.5 Å². The maximum Gasteiger partial charge on any atom is 0.0935 e. The molecule has 0 saturated carbocycles. The van der Waals surface area contributed by atoms with Crippen LogP contribution in [0.25, 0.3) is 0 Å². The fourth-order valence-corrected chi connectivity index (χ4v) is 2.46. The molecule has 96 valence electrons. The van der Waals surface area contributed by atoms with Gasteiger partial charge in [-0.05, 0) is 50.8 Å². The third-order valence-electron chi connectivity index (χ3n) is 3.41. The van der Waals surface area contributed by atoms with Crippen LogP contribution in [0.1, 0.15) is 38.7 Å². The molecule has 1 aliphatic heterocycles. The van der Waals surface area contributed by atoms with Gasteiger partial charge in [-0.15, -0.1) is 0 Å². The Morgan fingerprint density at radius 2 is 2.35 bits per heavy atom. The SMILES string of the molecule is CCCNC(Cc1ccoc1)C1CCC(C)O1. The summed E-state index contributed by atoms with van der Waals surface area (Å²) in [5.74, 6) is 0. The molecule has 1 N–H and O–H groups in total. The van der Waals surface area contributed by atoms with Crippen molar-refractivity contribution in [1.82, 2.24) is 5.32 Å². The van der Waals surface area contributed by atoms with Gasteiger partial charge in [-0.1, -0.05) is 6.92 Å². The second kappa shape index (κ2) is 6.22. The molecule has 17 heavy (non-hydrogen) atoms. The van der Waals surface area contributed by atoms with Crippen LogP contribution in [0.15, 0.2) is 23.0 Å². The molecule has 0 radical (unpaired) electrons. The van der Waals surface area contributed by atoms with E-state index in [-0.39, 0.29) is 0 Å². The van der Waals surface area contributed by atoms with Gasteiger partial charge in [-0.25, -0.2) is 0 Å². The Balaban J connectivity index is 1.92. The summed E-state index contributed by atoms with van der Waals surface area (Å²) < 4.78 is 11.1. The maximum atomic E-state index is 5.98. The van der Waals surface area contributed by atoms with Gasteiger partial charge in [0.15, 0.2) is 0 Å². The van der Waals surface area contributed by atoms with Crippen molar-refractivity contribution in [2.75, 3.05) is 6.54 Å². The molecule has 0 spiro atoms. The highest BCUT2D eigenvalue weighted by molar-refractivity contribution is 5.08. The Labute approximate surface area is 104 Å². The monoisotopic (exact) mass is 237 g/mol. The summed E-state index contributed by atoms with van der Waals surface area (Å²) in [5, 5.41) is 3.60. The predicted octanol–water partition coefficient (Wildman–Crippen LogP) is 2.76. The fraction of sp³-hybridized carbons (Fsp3) is 0.714. The van der Waals surface area contributed by atoms with Crippen LogP contribution in [-0.2, 0) is 11.2 Å². The summed E-state index contributed by atoms with van der Waals surface area (Å²) in [7, 11) is 0. The molecule has 0 amide bonds. The van der Waals surface area contributed by atoms with E-state index in [9.17, 15) is 0 Å². The van der Waals surface area contributed by atoms with E-state index in [0.717, 1.165) is 19.4 Å². The van der Waals surface area contributed by atoms with Crippen molar-refractivity contribution < 1.29 is 9.15 Å². The standard InChI is InChI=1S/C14H23NO2/c1-3-7-15-13(9-12-6-8-16-10-12)14-5-4-11(2)17-14/h6,8,10-11,13-15H,3-5,7,9H2,1-2H3. The van der Waals surface area contributed by atoms with Crippen LogP contribution in [-0.4, -0.2) is 24.8 Å². The van der Waals surface area contributed by atoms with Crippen LogP contribution in [0.4, 0.5) is 0 Å². The molecule has 3 nitrogen and oxygen atoms in total. The highest BCUT2D eigenvalue weighted by atomic mass is 16.5. The highest BCUT2D eigenvalue weighted by Crippen LogP contribution is 2.23. The van der Waals surface area contributed by atoms with Gasteiger partial charge in [-0.3, -0.25) is 0 Å². The first-order valence-electron chi connectivity index (χ1n) is 6.69.